The van der Waals surface area contributed by atoms with Crippen LogP contribution in [0.5, 0.6) is 34.5 Å². The molecule has 3 aromatic carbocycles. The van der Waals surface area contributed by atoms with Crippen LogP contribution in [0, 0.1) is 0 Å². The summed E-state index contributed by atoms with van der Waals surface area (Å²) in [5.41, 5.74) is 3.41. The summed E-state index contributed by atoms with van der Waals surface area (Å²) in [7, 11) is -0.965. The molecule has 0 N–H and O–H groups in total. The van der Waals surface area contributed by atoms with Crippen molar-refractivity contribution in [2.24, 2.45) is 0 Å². The molecule has 0 spiro atoms. The smallest absolute Gasteiger partial charge is 0.493 e. The SMILES string of the molecule is c1cc2c(cc1OB(Oc1ccc3c(c1)CCCO3)Oc1ccc3c(c1)CCCO3)CCCO2. The van der Waals surface area contributed by atoms with Gasteiger partial charge in [0, 0.05) is 0 Å². The molecule has 0 fully saturated rings. The van der Waals surface area contributed by atoms with E-state index in [1.54, 1.807) is 0 Å². The molecule has 0 saturated heterocycles. The summed E-state index contributed by atoms with van der Waals surface area (Å²) in [6.07, 6.45) is 5.90. The Morgan fingerprint density at radius 1 is 0.500 bits per heavy atom. The Morgan fingerprint density at radius 3 is 1.21 bits per heavy atom. The average molecular weight is 458 g/mol. The normalized spacial score (nSPS) is 15.9. The maximum Gasteiger partial charge on any atom is 0.864 e. The van der Waals surface area contributed by atoms with Gasteiger partial charge in [0.15, 0.2) is 0 Å². The lowest BCUT2D eigenvalue weighted by molar-refractivity contribution is 0.281. The molecular weight excluding hydrogens is 431 g/mol. The predicted octanol–water partition coefficient (Wildman–Crippen LogP) is 5.18. The van der Waals surface area contributed by atoms with Crippen LogP contribution in [-0.2, 0) is 19.3 Å². The zero-order valence-electron chi connectivity index (χ0n) is 19.1. The monoisotopic (exact) mass is 458 g/mol. The zero-order chi connectivity index (χ0) is 22.7. The van der Waals surface area contributed by atoms with Crippen LogP contribution in [0.2, 0.25) is 0 Å². The first-order valence-electron chi connectivity index (χ1n) is 12.1. The zero-order valence-corrected chi connectivity index (χ0v) is 19.1. The summed E-state index contributed by atoms with van der Waals surface area (Å²) in [5.74, 6) is 4.79. The minimum absolute atomic E-state index is 0.678. The van der Waals surface area contributed by atoms with Gasteiger partial charge in [-0.1, -0.05) is 0 Å². The molecule has 0 unspecified atom stereocenters. The lowest BCUT2D eigenvalue weighted by Crippen LogP contribution is -2.37. The molecule has 174 valence electrons. The van der Waals surface area contributed by atoms with E-state index in [4.69, 9.17) is 28.2 Å². The first-order valence-corrected chi connectivity index (χ1v) is 12.1. The van der Waals surface area contributed by atoms with Crippen LogP contribution in [0.25, 0.3) is 0 Å². The average Bonchev–Trinajstić information content (AvgIpc) is 2.88. The minimum atomic E-state index is -0.965. The van der Waals surface area contributed by atoms with Crippen molar-refractivity contribution < 1.29 is 28.2 Å². The standard InChI is InChI=1S/C27H27BO6/c1-4-19-16-22(7-10-25(19)29-13-1)32-28(33-23-8-11-26-20(17-23)5-2-14-30-26)34-24-9-12-27-21(18-24)6-3-15-31-27/h7-12,16-18H,1-6,13-15H2. The van der Waals surface area contributed by atoms with Gasteiger partial charge in [-0.15, -0.1) is 0 Å². The molecule has 0 amide bonds. The summed E-state index contributed by atoms with van der Waals surface area (Å²) in [4.78, 5) is 0. The van der Waals surface area contributed by atoms with Crippen molar-refractivity contribution in [1.29, 1.82) is 0 Å². The molecule has 3 aromatic rings. The molecule has 34 heavy (non-hydrogen) atoms. The number of hydrogen-bond donors (Lipinski definition) is 0. The number of fused-ring (bicyclic) bond motifs is 3. The second-order valence-electron chi connectivity index (χ2n) is 8.81. The molecule has 0 aromatic heterocycles. The Bertz CT molecular complexity index is 1030. The van der Waals surface area contributed by atoms with Crippen LogP contribution in [0.3, 0.4) is 0 Å². The minimum Gasteiger partial charge on any atom is -0.493 e. The van der Waals surface area contributed by atoms with E-state index in [9.17, 15) is 0 Å². The topological polar surface area (TPSA) is 55.4 Å². The summed E-state index contributed by atoms with van der Waals surface area (Å²) >= 11 is 0. The highest BCUT2D eigenvalue weighted by atomic mass is 16.7. The van der Waals surface area contributed by atoms with Crippen molar-refractivity contribution in [3.05, 3.63) is 71.3 Å². The lowest BCUT2D eigenvalue weighted by Gasteiger charge is -2.22. The fourth-order valence-electron chi connectivity index (χ4n) is 4.64. The fraction of sp³-hybridized carbons (Fsp3) is 0.333. The van der Waals surface area contributed by atoms with Crippen LogP contribution in [0.1, 0.15) is 36.0 Å². The van der Waals surface area contributed by atoms with Crippen molar-refractivity contribution in [2.75, 3.05) is 19.8 Å². The highest BCUT2D eigenvalue weighted by Gasteiger charge is 2.31. The second kappa shape index (κ2) is 9.41. The molecule has 0 atom stereocenters. The van der Waals surface area contributed by atoms with Gasteiger partial charge in [-0.2, -0.15) is 0 Å². The Labute approximate surface area is 199 Å². The third-order valence-electron chi connectivity index (χ3n) is 6.34. The molecule has 0 aliphatic carbocycles. The third-order valence-corrected chi connectivity index (χ3v) is 6.34. The first-order chi connectivity index (χ1) is 16.8. The second-order valence-corrected chi connectivity index (χ2v) is 8.81. The molecule has 0 saturated carbocycles. The number of benzene rings is 3. The largest absolute Gasteiger partial charge is 0.864 e. The number of rotatable bonds is 6. The number of aryl methyl sites for hydroxylation is 3. The Hall–Kier alpha value is -3.48. The van der Waals surface area contributed by atoms with Crippen molar-refractivity contribution in [3.8, 4) is 34.5 Å². The Kier molecular flexibility index (Phi) is 5.84. The van der Waals surface area contributed by atoms with Crippen LogP contribution in [0.15, 0.2) is 54.6 Å². The highest BCUT2D eigenvalue weighted by molar-refractivity contribution is 6.39. The van der Waals surface area contributed by atoms with Crippen LogP contribution in [-0.4, -0.2) is 27.1 Å². The Morgan fingerprint density at radius 2 is 0.853 bits per heavy atom. The van der Waals surface area contributed by atoms with E-state index in [1.165, 1.54) is 0 Å². The van der Waals surface area contributed by atoms with E-state index >= 15 is 0 Å². The lowest BCUT2D eigenvalue weighted by atomic mass is 10.0. The number of ether oxygens (including phenoxy) is 3. The molecule has 7 heteroatoms. The highest BCUT2D eigenvalue weighted by Crippen LogP contribution is 2.32. The van der Waals surface area contributed by atoms with Crippen molar-refractivity contribution in [3.63, 3.8) is 0 Å². The maximum atomic E-state index is 6.21. The first kappa shape index (κ1) is 21.1. The van der Waals surface area contributed by atoms with E-state index < -0.39 is 7.32 Å². The maximum absolute atomic E-state index is 6.21. The molecule has 3 aliphatic rings. The quantitative estimate of drug-likeness (QED) is 0.475. The van der Waals surface area contributed by atoms with Gasteiger partial charge in [0.2, 0.25) is 0 Å². The number of hydrogen-bond acceptors (Lipinski definition) is 6. The van der Waals surface area contributed by atoms with E-state index in [-0.39, 0.29) is 0 Å². The molecule has 3 heterocycles. The van der Waals surface area contributed by atoms with Gasteiger partial charge in [0.25, 0.3) is 0 Å². The van der Waals surface area contributed by atoms with E-state index in [2.05, 4.69) is 0 Å². The van der Waals surface area contributed by atoms with Crippen molar-refractivity contribution in [2.45, 2.75) is 38.5 Å². The summed E-state index contributed by atoms with van der Waals surface area (Å²) in [6.45, 7) is 2.27. The van der Waals surface area contributed by atoms with Gasteiger partial charge in [0.1, 0.15) is 34.5 Å². The van der Waals surface area contributed by atoms with Gasteiger partial charge in [-0.3, -0.25) is 0 Å². The summed E-state index contributed by atoms with van der Waals surface area (Å²) in [6, 6.07) is 17.6. The van der Waals surface area contributed by atoms with Gasteiger partial charge >= 0.3 is 7.32 Å². The van der Waals surface area contributed by atoms with E-state index in [0.29, 0.717) is 17.2 Å². The van der Waals surface area contributed by atoms with Gasteiger partial charge < -0.3 is 28.2 Å². The summed E-state index contributed by atoms with van der Waals surface area (Å²) in [5, 5.41) is 0. The molecule has 0 radical (unpaired) electrons. The van der Waals surface area contributed by atoms with Crippen molar-refractivity contribution >= 4 is 7.32 Å². The fourth-order valence-corrected chi connectivity index (χ4v) is 4.64. The Balaban J connectivity index is 1.26. The van der Waals surface area contributed by atoms with Gasteiger partial charge in [-0.05, 0) is 110 Å². The molecular formula is C27H27BO6. The molecule has 6 rings (SSSR count). The van der Waals surface area contributed by atoms with E-state index in [1.807, 2.05) is 54.6 Å². The van der Waals surface area contributed by atoms with Gasteiger partial charge in [0.05, 0.1) is 19.8 Å². The van der Waals surface area contributed by atoms with Crippen LogP contribution >= 0.6 is 0 Å². The predicted molar refractivity (Wildman–Crippen MR) is 128 cm³/mol. The molecule has 0 bridgehead atoms. The van der Waals surface area contributed by atoms with Crippen LogP contribution in [0.4, 0.5) is 0 Å². The van der Waals surface area contributed by atoms with Crippen LogP contribution < -0.4 is 28.2 Å². The van der Waals surface area contributed by atoms with Gasteiger partial charge in [-0.25, -0.2) is 0 Å². The third kappa shape index (κ3) is 4.60. The molecule has 3 aliphatic heterocycles. The summed E-state index contributed by atoms with van der Waals surface area (Å²) < 4.78 is 35.9. The molecule has 6 nitrogen and oxygen atoms in total. The van der Waals surface area contributed by atoms with Crippen molar-refractivity contribution in [1.82, 2.24) is 0 Å². The van der Waals surface area contributed by atoms with E-state index in [0.717, 1.165) is 92.3 Å².